The highest BCUT2D eigenvalue weighted by Gasteiger charge is 2.23. The van der Waals surface area contributed by atoms with Crippen LogP contribution >= 0.6 is 11.6 Å². The molecule has 0 fully saturated rings. The fourth-order valence-corrected chi connectivity index (χ4v) is 2.86. The van der Waals surface area contributed by atoms with E-state index < -0.39 is 5.91 Å². The van der Waals surface area contributed by atoms with E-state index in [4.69, 9.17) is 11.6 Å². The van der Waals surface area contributed by atoms with Gasteiger partial charge in [0.25, 0.3) is 11.5 Å². The summed E-state index contributed by atoms with van der Waals surface area (Å²) in [6.07, 6.45) is 3.01. The molecule has 0 atom stereocenters. The number of nitrogens with one attached hydrogen (secondary N) is 1. The van der Waals surface area contributed by atoms with Crippen LogP contribution in [0.2, 0.25) is 5.02 Å². The van der Waals surface area contributed by atoms with Gasteiger partial charge < -0.3 is 5.32 Å². The molecule has 134 valence electrons. The minimum absolute atomic E-state index is 0.0278. The number of nitrogens with zero attached hydrogens (tertiary/aromatic N) is 2. The molecular weight excluding hydrogens is 350 g/mol. The molecule has 2 heterocycles. The molecule has 0 saturated carbocycles. The summed E-state index contributed by atoms with van der Waals surface area (Å²) in [6.45, 7) is 6.30. The number of halogens is 1. The van der Waals surface area contributed by atoms with Gasteiger partial charge in [-0.3, -0.25) is 14.0 Å². The van der Waals surface area contributed by atoms with Crippen molar-refractivity contribution in [2.75, 3.05) is 6.54 Å². The zero-order valence-electron chi connectivity index (χ0n) is 14.9. The van der Waals surface area contributed by atoms with E-state index in [2.05, 4.69) is 10.3 Å². The number of benzene rings is 1. The van der Waals surface area contributed by atoms with E-state index in [1.54, 1.807) is 12.3 Å². The van der Waals surface area contributed by atoms with Crippen LogP contribution < -0.4 is 10.9 Å². The topological polar surface area (TPSA) is 63.5 Å². The third kappa shape index (κ3) is 3.63. The number of pyridine rings is 1. The zero-order chi connectivity index (χ0) is 18.9. The highest BCUT2D eigenvalue weighted by molar-refractivity contribution is 6.30. The maximum Gasteiger partial charge on any atom is 0.270 e. The van der Waals surface area contributed by atoms with Crippen LogP contribution in [0.4, 0.5) is 0 Å². The fraction of sp³-hybridized carbons (Fsp3) is 0.250. The summed E-state index contributed by atoms with van der Waals surface area (Å²) in [5, 5.41) is 3.51. The van der Waals surface area contributed by atoms with Gasteiger partial charge in [0.2, 0.25) is 0 Å². The Hall–Kier alpha value is -2.66. The van der Waals surface area contributed by atoms with E-state index in [-0.39, 0.29) is 16.5 Å². The van der Waals surface area contributed by atoms with Gasteiger partial charge in [-0.25, -0.2) is 4.98 Å². The second-order valence-corrected chi connectivity index (χ2v) is 7.42. The third-order valence-corrected chi connectivity index (χ3v) is 4.66. The SMILES string of the molecule is Cc1ccc2ncc(C(=O)NCC(C)(C)c3ccc(Cl)cc3)c(=O)n2c1. The number of carbonyl (C=O) groups is 1. The number of rotatable bonds is 4. The number of aromatic nitrogens is 2. The van der Waals surface area contributed by atoms with Crippen LogP contribution in [0.1, 0.15) is 35.3 Å². The molecule has 0 aliphatic rings. The molecule has 1 amide bonds. The van der Waals surface area contributed by atoms with Gasteiger partial charge in [0, 0.05) is 29.4 Å². The minimum atomic E-state index is -0.430. The standard InChI is InChI=1S/C20H20ClN3O2/c1-13-4-9-17-22-10-16(19(26)24(17)11-13)18(25)23-12-20(2,3)14-5-7-15(21)8-6-14/h4-11H,12H2,1-3H3,(H,23,25). The van der Waals surface area contributed by atoms with Gasteiger partial charge >= 0.3 is 0 Å². The molecule has 0 aliphatic heterocycles. The number of fused-ring (bicyclic) bond motifs is 1. The monoisotopic (exact) mass is 369 g/mol. The summed E-state index contributed by atoms with van der Waals surface area (Å²) in [4.78, 5) is 29.3. The number of hydrogen-bond donors (Lipinski definition) is 1. The molecule has 0 spiro atoms. The van der Waals surface area contributed by atoms with E-state index in [9.17, 15) is 9.59 Å². The molecule has 3 aromatic rings. The number of amides is 1. The van der Waals surface area contributed by atoms with Crippen molar-refractivity contribution in [3.63, 3.8) is 0 Å². The molecule has 2 aromatic heterocycles. The van der Waals surface area contributed by atoms with Crippen molar-refractivity contribution in [1.29, 1.82) is 0 Å². The van der Waals surface area contributed by atoms with Crippen LogP contribution in [0, 0.1) is 6.92 Å². The van der Waals surface area contributed by atoms with E-state index in [1.165, 1.54) is 10.6 Å². The molecule has 0 unspecified atom stereocenters. The van der Waals surface area contributed by atoms with Crippen LogP contribution in [-0.2, 0) is 5.41 Å². The lowest BCUT2D eigenvalue weighted by molar-refractivity contribution is 0.0943. The van der Waals surface area contributed by atoms with Crippen molar-refractivity contribution in [3.8, 4) is 0 Å². The molecule has 6 heteroatoms. The first-order valence-electron chi connectivity index (χ1n) is 8.30. The molecule has 1 N–H and O–H groups in total. The Balaban J connectivity index is 1.82. The van der Waals surface area contributed by atoms with E-state index in [0.29, 0.717) is 17.2 Å². The van der Waals surface area contributed by atoms with E-state index in [1.807, 2.05) is 51.1 Å². The Labute approximate surface area is 156 Å². The van der Waals surface area contributed by atoms with Crippen molar-refractivity contribution in [2.24, 2.45) is 0 Å². The Morgan fingerprint density at radius 3 is 2.58 bits per heavy atom. The maximum atomic E-state index is 12.6. The van der Waals surface area contributed by atoms with Crippen molar-refractivity contribution >= 4 is 23.2 Å². The van der Waals surface area contributed by atoms with Crippen LogP contribution in [-0.4, -0.2) is 21.8 Å². The molecule has 0 radical (unpaired) electrons. The van der Waals surface area contributed by atoms with Gasteiger partial charge in [-0.15, -0.1) is 0 Å². The molecule has 26 heavy (non-hydrogen) atoms. The van der Waals surface area contributed by atoms with Gasteiger partial charge in [-0.05, 0) is 36.2 Å². The van der Waals surface area contributed by atoms with Crippen molar-refractivity contribution in [2.45, 2.75) is 26.2 Å². The third-order valence-electron chi connectivity index (χ3n) is 4.41. The first kappa shape index (κ1) is 18.1. The average Bonchev–Trinajstić information content (AvgIpc) is 2.61. The van der Waals surface area contributed by atoms with Gasteiger partial charge in [0.1, 0.15) is 11.2 Å². The average molecular weight is 370 g/mol. The predicted molar refractivity (Wildman–Crippen MR) is 103 cm³/mol. The van der Waals surface area contributed by atoms with Crippen LogP contribution in [0.25, 0.3) is 5.65 Å². The Bertz CT molecular complexity index is 1020. The molecule has 0 saturated heterocycles. The second-order valence-electron chi connectivity index (χ2n) is 6.99. The second kappa shape index (κ2) is 6.92. The summed E-state index contributed by atoms with van der Waals surface area (Å²) < 4.78 is 1.40. The van der Waals surface area contributed by atoms with Gasteiger partial charge in [-0.1, -0.05) is 43.6 Å². The molecule has 0 bridgehead atoms. The van der Waals surface area contributed by atoms with E-state index >= 15 is 0 Å². The highest BCUT2D eigenvalue weighted by atomic mass is 35.5. The summed E-state index contributed by atoms with van der Waals surface area (Å²) in [6, 6.07) is 11.1. The number of carbonyl (C=O) groups excluding carboxylic acids is 1. The predicted octanol–water partition coefficient (Wildman–Crippen LogP) is 3.36. The first-order valence-corrected chi connectivity index (χ1v) is 8.68. The van der Waals surface area contributed by atoms with Gasteiger partial charge in [0.15, 0.2) is 0 Å². The Morgan fingerprint density at radius 2 is 1.88 bits per heavy atom. The fourth-order valence-electron chi connectivity index (χ4n) is 2.74. The summed E-state index contributed by atoms with van der Waals surface area (Å²) in [7, 11) is 0. The first-order chi connectivity index (χ1) is 12.3. The van der Waals surface area contributed by atoms with Crippen molar-refractivity contribution in [3.05, 3.63) is 80.9 Å². The van der Waals surface area contributed by atoms with Crippen molar-refractivity contribution < 1.29 is 4.79 Å². The van der Waals surface area contributed by atoms with Crippen molar-refractivity contribution in [1.82, 2.24) is 14.7 Å². The summed E-state index contributed by atoms with van der Waals surface area (Å²) >= 11 is 5.93. The van der Waals surface area contributed by atoms with Crippen LogP contribution in [0.3, 0.4) is 0 Å². The normalized spacial score (nSPS) is 11.5. The largest absolute Gasteiger partial charge is 0.351 e. The lowest BCUT2D eigenvalue weighted by Crippen LogP contribution is -2.39. The molecule has 5 nitrogen and oxygen atoms in total. The molecule has 1 aromatic carbocycles. The van der Waals surface area contributed by atoms with Gasteiger partial charge in [-0.2, -0.15) is 0 Å². The summed E-state index contributed by atoms with van der Waals surface area (Å²) in [5.41, 5.74) is 1.82. The quantitative estimate of drug-likeness (QED) is 0.767. The molecular formula is C20H20ClN3O2. The minimum Gasteiger partial charge on any atom is -0.351 e. The molecule has 3 rings (SSSR count). The zero-order valence-corrected chi connectivity index (χ0v) is 15.7. The van der Waals surface area contributed by atoms with Crippen LogP contribution in [0.15, 0.2) is 53.6 Å². The Kier molecular flexibility index (Phi) is 4.83. The van der Waals surface area contributed by atoms with E-state index in [0.717, 1.165) is 11.1 Å². The summed E-state index contributed by atoms with van der Waals surface area (Å²) in [5.74, 6) is -0.430. The lowest BCUT2D eigenvalue weighted by Gasteiger charge is -2.25. The van der Waals surface area contributed by atoms with Crippen LogP contribution in [0.5, 0.6) is 0 Å². The Morgan fingerprint density at radius 1 is 1.19 bits per heavy atom. The lowest BCUT2D eigenvalue weighted by atomic mass is 9.84. The number of hydrogen-bond acceptors (Lipinski definition) is 3. The maximum absolute atomic E-state index is 12.6. The molecule has 0 aliphatic carbocycles. The smallest absolute Gasteiger partial charge is 0.270 e. The number of aryl methyl sites for hydroxylation is 1. The van der Waals surface area contributed by atoms with Gasteiger partial charge in [0.05, 0.1) is 0 Å². The highest BCUT2D eigenvalue weighted by Crippen LogP contribution is 2.23.